The summed E-state index contributed by atoms with van der Waals surface area (Å²) in [4.78, 5) is 23.5. The molecule has 0 spiro atoms. The first kappa shape index (κ1) is 15.3. The van der Waals surface area contributed by atoms with Gasteiger partial charge in [-0.25, -0.2) is 4.79 Å². The average molecular weight is 306 g/mol. The van der Waals surface area contributed by atoms with E-state index in [1.54, 1.807) is 0 Å². The third-order valence-corrected chi connectivity index (χ3v) is 4.88. The molecule has 0 aromatic heterocycles. The second kappa shape index (κ2) is 5.23. The first-order chi connectivity index (χ1) is 10.3. The SMILES string of the molecule is C=C1C(=O)OC2C1C(OC(C)=O)C/C(C)=C/CC[C@@]1(C)O[C@H]21. The van der Waals surface area contributed by atoms with Crippen LogP contribution in [0.3, 0.4) is 0 Å². The first-order valence-electron chi connectivity index (χ1n) is 7.72. The molecular weight excluding hydrogens is 284 g/mol. The third-order valence-electron chi connectivity index (χ3n) is 4.88. The van der Waals surface area contributed by atoms with Gasteiger partial charge in [-0.15, -0.1) is 0 Å². The molecule has 0 saturated carbocycles. The maximum Gasteiger partial charge on any atom is 0.334 e. The van der Waals surface area contributed by atoms with Crippen molar-refractivity contribution in [1.29, 1.82) is 0 Å². The summed E-state index contributed by atoms with van der Waals surface area (Å²) in [6, 6.07) is 0. The number of carbonyl (C=O) groups is 2. The molecule has 0 aromatic carbocycles. The van der Waals surface area contributed by atoms with Gasteiger partial charge in [-0.2, -0.15) is 0 Å². The lowest BCUT2D eigenvalue weighted by Crippen LogP contribution is -2.38. The van der Waals surface area contributed by atoms with Crippen molar-refractivity contribution in [1.82, 2.24) is 0 Å². The molecule has 22 heavy (non-hydrogen) atoms. The van der Waals surface area contributed by atoms with E-state index in [2.05, 4.69) is 12.7 Å². The molecule has 2 saturated heterocycles. The predicted octanol–water partition coefficient (Wildman–Crippen LogP) is 2.30. The molecular formula is C17H22O5. The van der Waals surface area contributed by atoms with Crippen LogP contribution in [0.4, 0.5) is 0 Å². The standard InChI is InChI=1S/C17H22O5/c1-9-6-5-7-17(4)15(22-17)14-13(10(2)16(19)21-14)12(8-9)20-11(3)18/h6,12-15H,2,5,7-8H2,1,3-4H3/b9-6+/t12?,13?,14?,15-,17-/m1/s1. The van der Waals surface area contributed by atoms with Crippen LogP contribution in [-0.4, -0.2) is 35.9 Å². The zero-order valence-corrected chi connectivity index (χ0v) is 13.3. The van der Waals surface area contributed by atoms with E-state index < -0.39 is 18.2 Å². The van der Waals surface area contributed by atoms with Gasteiger partial charge in [-0.1, -0.05) is 18.2 Å². The van der Waals surface area contributed by atoms with Crippen molar-refractivity contribution in [3.8, 4) is 0 Å². The highest BCUT2D eigenvalue weighted by molar-refractivity contribution is 5.91. The molecule has 0 N–H and O–H groups in total. The number of ether oxygens (including phenoxy) is 3. The molecule has 2 heterocycles. The molecule has 5 atom stereocenters. The maximum atomic E-state index is 12.0. The Labute approximate surface area is 130 Å². The van der Waals surface area contributed by atoms with Crippen LogP contribution >= 0.6 is 0 Å². The van der Waals surface area contributed by atoms with Crippen LogP contribution in [0.5, 0.6) is 0 Å². The number of hydrogen-bond donors (Lipinski definition) is 0. The lowest BCUT2D eigenvalue weighted by molar-refractivity contribution is -0.150. The number of allylic oxidation sites excluding steroid dienone is 1. The van der Waals surface area contributed by atoms with E-state index in [1.165, 1.54) is 6.92 Å². The second-order valence-corrected chi connectivity index (χ2v) is 6.71. The predicted molar refractivity (Wildman–Crippen MR) is 79.0 cm³/mol. The molecule has 2 fully saturated rings. The van der Waals surface area contributed by atoms with E-state index in [4.69, 9.17) is 14.2 Å². The second-order valence-electron chi connectivity index (χ2n) is 6.71. The summed E-state index contributed by atoms with van der Waals surface area (Å²) in [6.45, 7) is 9.30. The van der Waals surface area contributed by atoms with Crippen molar-refractivity contribution in [2.24, 2.45) is 5.92 Å². The highest BCUT2D eigenvalue weighted by Crippen LogP contribution is 2.50. The highest BCUT2D eigenvalue weighted by Gasteiger charge is 2.63. The van der Waals surface area contributed by atoms with Gasteiger partial charge in [0.25, 0.3) is 0 Å². The number of esters is 2. The number of rotatable bonds is 1. The lowest BCUT2D eigenvalue weighted by atomic mass is 9.82. The van der Waals surface area contributed by atoms with E-state index in [1.807, 2.05) is 13.8 Å². The maximum absolute atomic E-state index is 12.0. The van der Waals surface area contributed by atoms with Crippen LogP contribution in [0.2, 0.25) is 0 Å². The van der Waals surface area contributed by atoms with Crippen molar-refractivity contribution >= 4 is 11.9 Å². The number of epoxide rings is 1. The van der Waals surface area contributed by atoms with Gasteiger partial charge < -0.3 is 14.2 Å². The van der Waals surface area contributed by atoms with Gasteiger partial charge in [-0.3, -0.25) is 4.79 Å². The van der Waals surface area contributed by atoms with Crippen molar-refractivity contribution < 1.29 is 23.8 Å². The minimum absolute atomic E-state index is 0.148. The van der Waals surface area contributed by atoms with Crippen LogP contribution in [0.25, 0.3) is 0 Å². The summed E-state index contributed by atoms with van der Waals surface area (Å²) in [6.07, 6.45) is 3.52. The minimum Gasteiger partial charge on any atom is -0.461 e. The molecule has 3 aliphatic rings. The van der Waals surface area contributed by atoms with Gasteiger partial charge in [0.2, 0.25) is 0 Å². The molecule has 2 aliphatic heterocycles. The topological polar surface area (TPSA) is 65.1 Å². The Morgan fingerprint density at radius 2 is 2.23 bits per heavy atom. The van der Waals surface area contributed by atoms with Crippen LogP contribution in [0.1, 0.15) is 40.0 Å². The van der Waals surface area contributed by atoms with E-state index in [0.717, 1.165) is 18.4 Å². The Morgan fingerprint density at radius 1 is 1.50 bits per heavy atom. The van der Waals surface area contributed by atoms with E-state index in [-0.39, 0.29) is 23.6 Å². The van der Waals surface area contributed by atoms with Crippen molar-refractivity contribution in [3.05, 3.63) is 23.8 Å². The number of hydrogen-bond acceptors (Lipinski definition) is 5. The molecule has 0 aromatic rings. The Balaban J connectivity index is 1.96. The first-order valence-corrected chi connectivity index (χ1v) is 7.72. The van der Waals surface area contributed by atoms with Gasteiger partial charge in [0.1, 0.15) is 18.3 Å². The van der Waals surface area contributed by atoms with E-state index in [0.29, 0.717) is 12.0 Å². The molecule has 3 rings (SSSR count). The van der Waals surface area contributed by atoms with Gasteiger partial charge in [0.05, 0.1) is 11.5 Å². The Morgan fingerprint density at radius 3 is 2.91 bits per heavy atom. The van der Waals surface area contributed by atoms with Crippen LogP contribution < -0.4 is 0 Å². The fourth-order valence-corrected chi connectivity index (χ4v) is 3.63. The molecule has 0 radical (unpaired) electrons. The fraction of sp³-hybridized carbons (Fsp3) is 0.647. The number of carbonyl (C=O) groups excluding carboxylic acids is 2. The van der Waals surface area contributed by atoms with E-state index >= 15 is 0 Å². The summed E-state index contributed by atoms with van der Waals surface area (Å²) in [5, 5.41) is 0. The average Bonchev–Trinajstić information content (AvgIpc) is 2.98. The lowest BCUT2D eigenvalue weighted by Gasteiger charge is -2.27. The summed E-state index contributed by atoms with van der Waals surface area (Å²) in [5.74, 6) is -1.12. The Kier molecular flexibility index (Phi) is 3.63. The third kappa shape index (κ3) is 2.58. The van der Waals surface area contributed by atoms with Gasteiger partial charge in [0, 0.05) is 18.9 Å². The fourth-order valence-electron chi connectivity index (χ4n) is 3.63. The quantitative estimate of drug-likeness (QED) is 0.322. The molecule has 1 aliphatic carbocycles. The van der Waals surface area contributed by atoms with Gasteiger partial charge in [-0.05, 0) is 26.7 Å². The Hall–Kier alpha value is -1.62. The van der Waals surface area contributed by atoms with Crippen LogP contribution in [-0.2, 0) is 23.8 Å². The molecule has 120 valence electrons. The summed E-state index contributed by atoms with van der Waals surface area (Å²) in [7, 11) is 0. The van der Waals surface area contributed by atoms with Gasteiger partial charge >= 0.3 is 11.9 Å². The minimum atomic E-state index is -0.441. The molecule has 0 amide bonds. The van der Waals surface area contributed by atoms with Crippen molar-refractivity contribution in [3.63, 3.8) is 0 Å². The number of fused-ring (bicyclic) bond motifs is 3. The molecule has 5 heteroatoms. The van der Waals surface area contributed by atoms with Crippen molar-refractivity contribution in [2.45, 2.75) is 63.9 Å². The summed E-state index contributed by atoms with van der Waals surface area (Å²) >= 11 is 0. The van der Waals surface area contributed by atoms with Crippen molar-refractivity contribution in [2.75, 3.05) is 0 Å². The normalized spacial score (nSPS) is 43.3. The highest BCUT2D eigenvalue weighted by atomic mass is 16.6. The summed E-state index contributed by atoms with van der Waals surface area (Å²) in [5.41, 5.74) is 1.24. The zero-order chi connectivity index (χ0) is 16.1. The summed E-state index contributed by atoms with van der Waals surface area (Å²) < 4.78 is 16.8. The molecule has 3 unspecified atom stereocenters. The van der Waals surface area contributed by atoms with Gasteiger partial charge in [0.15, 0.2) is 0 Å². The molecule has 5 nitrogen and oxygen atoms in total. The Bertz CT molecular complexity index is 563. The monoisotopic (exact) mass is 306 g/mol. The smallest absolute Gasteiger partial charge is 0.334 e. The van der Waals surface area contributed by atoms with Crippen LogP contribution in [0.15, 0.2) is 23.8 Å². The zero-order valence-electron chi connectivity index (χ0n) is 13.3. The van der Waals surface area contributed by atoms with E-state index in [9.17, 15) is 9.59 Å². The largest absolute Gasteiger partial charge is 0.461 e. The van der Waals surface area contributed by atoms with Crippen LogP contribution in [0, 0.1) is 5.92 Å². The molecule has 0 bridgehead atoms.